The summed E-state index contributed by atoms with van der Waals surface area (Å²) in [7, 11) is -3.60. The van der Waals surface area contributed by atoms with Gasteiger partial charge in [-0.05, 0) is 54.2 Å². The smallest absolute Gasteiger partial charge is 0.163 e. The Kier molecular flexibility index (Phi) is 8.09. The first-order valence-corrected chi connectivity index (χ1v) is 11.3. The molecule has 28 heavy (non-hydrogen) atoms. The van der Waals surface area contributed by atoms with Crippen LogP contribution in [-0.2, 0) is 9.84 Å². The maximum atomic E-state index is 12.2. The molecule has 1 aromatic rings. The van der Waals surface area contributed by atoms with Crippen molar-refractivity contribution in [2.75, 3.05) is 19.0 Å². The molecule has 2 atom stereocenters. The summed E-state index contributed by atoms with van der Waals surface area (Å²) < 4.78 is 24.3. The van der Waals surface area contributed by atoms with Crippen molar-refractivity contribution in [2.24, 2.45) is 0 Å². The van der Waals surface area contributed by atoms with Crippen LogP contribution in [0.15, 0.2) is 34.9 Å². The number of sulfone groups is 1. The summed E-state index contributed by atoms with van der Waals surface area (Å²) in [4.78, 5) is 0. The first-order chi connectivity index (χ1) is 13.2. The second kappa shape index (κ2) is 9.89. The monoisotopic (exact) mass is 430 g/mol. The van der Waals surface area contributed by atoms with Crippen molar-refractivity contribution in [3.63, 3.8) is 0 Å². The largest absolute Gasteiger partial charge is 0.508 e. The van der Waals surface area contributed by atoms with Crippen LogP contribution in [0.4, 0.5) is 0 Å². The molecule has 0 saturated heterocycles. The number of aliphatic hydroxyl groups excluding tert-OH is 3. The van der Waals surface area contributed by atoms with E-state index in [-0.39, 0.29) is 29.1 Å². The Morgan fingerprint density at radius 1 is 1.32 bits per heavy atom. The molecule has 1 aliphatic heterocycles. The molecule has 1 aromatic carbocycles. The number of phenols is 1. The van der Waals surface area contributed by atoms with E-state index >= 15 is 0 Å². The first-order valence-electron chi connectivity index (χ1n) is 9.24. The Morgan fingerprint density at radius 2 is 2.04 bits per heavy atom. The van der Waals surface area contributed by atoms with Gasteiger partial charge in [-0.3, -0.25) is 0 Å². The number of hydrogen-bond acceptors (Lipinski definition) is 6. The fraction of sp³-hybridized carbons (Fsp3) is 0.500. The molecule has 0 bridgehead atoms. The zero-order chi connectivity index (χ0) is 20.9. The minimum absolute atomic E-state index is 0.0792. The molecule has 156 valence electrons. The van der Waals surface area contributed by atoms with Gasteiger partial charge in [-0.15, -0.1) is 0 Å². The summed E-state index contributed by atoms with van der Waals surface area (Å²) in [6.45, 7) is 0.961. The Hall–Kier alpha value is -1.38. The molecule has 0 unspecified atom stereocenters. The van der Waals surface area contributed by atoms with E-state index in [4.69, 9.17) is 11.6 Å². The molecular weight excluding hydrogens is 404 g/mol. The number of rotatable bonds is 9. The van der Waals surface area contributed by atoms with E-state index in [1.165, 1.54) is 6.07 Å². The van der Waals surface area contributed by atoms with Gasteiger partial charge in [0.25, 0.3) is 0 Å². The minimum Gasteiger partial charge on any atom is -0.508 e. The van der Waals surface area contributed by atoms with Crippen LogP contribution >= 0.6 is 11.6 Å². The van der Waals surface area contributed by atoms with Crippen molar-refractivity contribution < 1.29 is 28.8 Å². The van der Waals surface area contributed by atoms with Crippen LogP contribution in [0.5, 0.6) is 5.75 Å². The predicted octanol–water partition coefficient (Wildman–Crippen LogP) is 2.45. The van der Waals surface area contributed by atoms with Crippen LogP contribution < -0.4 is 0 Å². The van der Waals surface area contributed by atoms with Gasteiger partial charge in [-0.25, -0.2) is 8.42 Å². The van der Waals surface area contributed by atoms with Gasteiger partial charge in [0, 0.05) is 0 Å². The quantitative estimate of drug-likeness (QED) is 0.447. The van der Waals surface area contributed by atoms with Gasteiger partial charge in [0.2, 0.25) is 0 Å². The molecule has 4 N–H and O–H groups in total. The van der Waals surface area contributed by atoms with Crippen LogP contribution in [0.3, 0.4) is 0 Å². The van der Waals surface area contributed by atoms with Crippen LogP contribution in [-0.4, -0.2) is 59.2 Å². The van der Waals surface area contributed by atoms with Crippen molar-refractivity contribution in [1.82, 2.24) is 0 Å². The van der Waals surface area contributed by atoms with E-state index in [2.05, 4.69) is 0 Å². The standard InChI is InChI=1S/C20H27ClO6S/c1-2-3-13(8-14-5-6-16(24)9-17(14)21)4-7-18(25)20-15(10-22)12-28(26,27)19(20)11-23/h5-6,8-9,18-19,22-25H,2-4,7,10-12H2,1H3/b13-8+/t18-,19+/m1/s1. The third-order valence-electron chi connectivity index (χ3n) is 4.93. The van der Waals surface area contributed by atoms with E-state index in [9.17, 15) is 28.8 Å². The topological polar surface area (TPSA) is 115 Å². The van der Waals surface area contributed by atoms with E-state index in [1.54, 1.807) is 12.1 Å². The zero-order valence-corrected chi connectivity index (χ0v) is 17.4. The SMILES string of the molecule is CCC/C(=C\c1ccc(O)cc1Cl)CC[C@@H](O)C1=C(CO)CS(=O)(=O)[C@H]1CO. The normalized spacial score (nSPS) is 20.6. The Balaban J connectivity index is 2.19. The highest BCUT2D eigenvalue weighted by molar-refractivity contribution is 7.92. The molecule has 1 heterocycles. The van der Waals surface area contributed by atoms with Crippen LogP contribution in [0.1, 0.15) is 38.2 Å². The van der Waals surface area contributed by atoms with Crippen LogP contribution in [0.2, 0.25) is 5.02 Å². The predicted molar refractivity (Wildman–Crippen MR) is 110 cm³/mol. The zero-order valence-electron chi connectivity index (χ0n) is 15.8. The molecule has 2 rings (SSSR count). The number of benzene rings is 1. The highest BCUT2D eigenvalue weighted by Crippen LogP contribution is 2.32. The Bertz CT molecular complexity index is 859. The molecule has 8 heteroatoms. The van der Waals surface area contributed by atoms with Gasteiger partial charge < -0.3 is 20.4 Å². The molecular formula is C20H27ClO6S. The van der Waals surface area contributed by atoms with Gasteiger partial charge in [0.05, 0.1) is 30.1 Å². The van der Waals surface area contributed by atoms with E-state index in [0.717, 1.165) is 24.0 Å². The fourth-order valence-electron chi connectivity index (χ4n) is 3.57. The first kappa shape index (κ1) is 22.9. The second-order valence-electron chi connectivity index (χ2n) is 7.01. The molecule has 0 spiro atoms. The highest BCUT2D eigenvalue weighted by Gasteiger charge is 2.40. The average molecular weight is 431 g/mol. The minimum atomic E-state index is -3.60. The van der Waals surface area contributed by atoms with Crippen LogP contribution in [0.25, 0.3) is 6.08 Å². The summed E-state index contributed by atoms with van der Waals surface area (Å²) in [6.07, 6.45) is 3.29. The van der Waals surface area contributed by atoms with E-state index in [0.29, 0.717) is 11.4 Å². The summed E-state index contributed by atoms with van der Waals surface area (Å²) in [5, 5.41) is 38.3. The number of phenolic OH excluding ortho intramolecular Hbond substituents is 1. The summed E-state index contributed by atoms with van der Waals surface area (Å²) >= 11 is 6.16. The summed E-state index contributed by atoms with van der Waals surface area (Å²) in [5.41, 5.74) is 2.28. The van der Waals surface area contributed by atoms with E-state index < -0.39 is 34.4 Å². The number of allylic oxidation sites excluding steroid dienone is 1. The molecule has 1 aliphatic rings. The van der Waals surface area contributed by atoms with Crippen molar-refractivity contribution in [1.29, 1.82) is 0 Å². The number of hydrogen-bond donors (Lipinski definition) is 4. The second-order valence-corrected chi connectivity index (χ2v) is 9.60. The lowest BCUT2D eigenvalue weighted by molar-refractivity contribution is 0.186. The third-order valence-corrected chi connectivity index (χ3v) is 7.28. The summed E-state index contributed by atoms with van der Waals surface area (Å²) in [6, 6.07) is 4.71. The Labute approximate surface area is 170 Å². The van der Waals surface area contributed by atoms with Crippen LogP contribution in [0, 0.1) is 0 Å². The number of aliphatic hydroxyl groups is 3. The maximum absolute atomic E-state index is 12.2. The van der Waals surface area contributed by atoms with Gasteiger partial charge >= 0.3 is 0 Å². The van der Waals surface area contributed by atoms with Crippen molar-refractivity contribution in [2.45, 2.75) is 44.0 Å². The molecule has 0 amide bonds. The van der Waals surface area contributed by atoms with Crippen molar-refractivity contribution in [3.05, 3.63) is 45.5 Å². The van der Waals surface area contributed by atoms with Crippen molar-refractivity contribution in [3.8, 4) is 5.75 Å². The Morgan fingerprint density at radius 3 is 2.61 bits per heavy atom. The molecule has 0 radical (unpaired) electrons. The summed E-state index contributed by atoms with van der Waals surface area (Å²) in [5.74, 6) is -0.252. The highest BCUT2D eigenvalue weighted by atomic mass is 35.5. The van der Waals surface area contributed by atoms with Gasteiger partial charge in [-0.1, -0.05) is 36.6 Å². The number of halogens is 1. The number of aromatic hydroxyl groups is 1. The lowest BCUT2D eigenvalue weighted by Gasteiger charge is -2.19. The van der Waals surface area contributed by atoms with Gasteiger partial charge in [0.15, 0.2) is 9.84 Å². The molecule has 6 nitrogen and oxygen atoms in total. The lowest BCUT2D eigenvalue weighted by atomic mass is 9.93. The fourth-order valence-corrected chi connectivity index (χ4v) is 5.68. The lowest BCUT2D eigenvalue weighted by Crippen LogP contribution is -2.29. The molecule has 0 saturated carbocycles. The van der Waals surface area contributed by atoms with Crippen molar-refractivity contribution >= 4 is 27.5 Å². The van der Waals surface area contributed by atoms with E-state index in [1.807, 2.05) is 13.0 Å². The average Bonchev–Trinajstić information content (AvgIpc) is 2.91. The maximum Gasteiger partial charge on any atom is 0.163 e. The van der Waals surface area contributed by atoms with Gasteiger partial charge in [-0.2, -0.15) is 0 Å². The van der Waals surface area contributed by atoms with Gasteiger partial charge in [0.1, 0.15) is 11.0 Å². The molecule has 0 fully saturated rings. The molecule has 0 aromatic heterocycles. The molecule has 0 aliphatic carbocycles. The third kappa shape index (κ3) is 5.36.